The number of H-pyrrole nitrogens is 1. The molecule has 3 rings (SSSR count). The van der Waals surface area contributed by atoms with E-state index >= 15 is 0 Å². The molecule has 30 heavy (non-hydrogen) atoms. The average molecular weight is 407 g/mol. The average Bonchev–Trinajstić information content (AvgIpc) is 2.72. The first-order chi connectivity index (χ1) is 14.4. The fourth-order valence-electron chi connectivity index (χ4n) is 2.95. The predicted molar refractivity (Wildman–Crippen MR) is 117 cm³/mol. The van der Waals surface area contributed by atoms with Crippen molar-refractivity contribution in [3.8, 4) is 11.5 Å². The first-order valence-corrected chi connectivity index (χ1v) is 9.63. The van der Waals surface area contributed by atoms with Crippen LogP contribution in [0.2, 0.25) is 0 Å². The number of aromatic amines is 1. The quantitative estimate of drug-likeness (QED) is 0.607. The molecule has 0 atom stereocenters. The summed E-state index contributed by atoms with van der Waals surface area (Å²) in [7, 11) is 3.23. The Morgan fingerprint density at radius 1 is 1.20 bits per heavy atom. The molecule has 0 saturated carbocycles. The minimum Gasteiger partial charge on any atom is -0.493 e. The molecule has 7 heteroatoms. The summed E-state index contributed by atoms with van der Waals surface area (Å²) in [5, 5.41) is 0.522. The zero-order valence-electron chi connectivity index (χ0n) is 17.5. The van der Waals surface area contributed by atoms with Gasteiger partial charge in [-0.15, -0.1) is 0 Å². The number of ether oxygens (including phenoxy) is 2. The maximum absolute atomic E-state index is 12.5. The van der Waals surface area contributed by atoms with E-state index in [1.165, 1.54) is 11.0 Å². The SMILES string of the molecule is COc1cc(/C=C/C(=O)N(C)Cc2nc3ccccc3c(=O)[nH]2)ccc1OC(C)C. The standard InChI is InChI=1S/C23H25N3O4/c1-15(2)30-19-11-9-16(13-20(19)29-4)10-12-22(27)26(3)14-21-24-18-8-6-5-7-17(18)23(28)25-21/h5-13,15H,14H2,1-4H3,(H,24,25,28)/b12-10+. The Kier molecular flexibility index (Phi) is 6.51. The number of fused-ring (bicyclic) bond motifs is 1. The van der Waals surface area contributed by atoms with Gasteiger partial charge in [-0.25, -0.2) is 4.98 Å². The van der Waals surface area contributed by atoms with Crippen LogP contribution in [0.25, 0.3) is 17.0 Å². The number of nitrogens with one attached hydrogen (secondary N) is 1. The lowest BCUT2D eigenvalue weighted by Gasteiger charge is -2.15. The topological polar surface area (TPSA) is 84.5 Å². The highest BCUT2D eigenvalue weighted by molar-refractivity contribution is 5.91. The van der Waals surface area contributed by atoms with E-state index in [2.05, 4.69) is 9.97 Å². The van der Waals surface area contributed by atoms with Crippen molar-refractivity contribution in [1.29, 1.82) is 0 Å². The molecule has 1 N–H and O–H groups in total. The molecule has 0 aliphatic rings. The van der Waals surface area contributed by atoms with Crippen molar-refractivity contribution < 1.29 is 14.3 Å². The second-order valence-electron chi connectivity index (χ2n) is 7.13. The molecule has 1 heterocycles. The van der Waals surface area contributed by atoms with E-state index in [-0.39, 0.29) is 24.1 Å². The van der Waals surface area contributed by atoms with Crippen LogP contribution in [0.1, 0.15) is 25.2 Å². The number of para-hydroxylation sites is 1. The first kappa shape index (κ1) is 21.1. The molecule has 0 spiro atoms. The van der Waals surface area contributed by atoms with Crippen LogP contribution in [-0.4, -0.2) is 41.0 Å². The van der Waals surface area contributed by atoms with Gasteiger partial charge in [-0.1, -0.05) is 18.2 Å². The zero-order valence-corrected chi connectivity index (χ0v) is 17.5. The third-order valence-electron chi connectivity index (χ3n) is 4.39. The predicted octanol–water partition coefficient (Wildman–Crippen LogP) is 3.39. The Morgan fingerprint density at radius 3 is 2.70 bits per heavy atom. The summed E-state index contributed by atoms with van der Waals surface area (Å²) in [4.78, 5) is 33.3. The number of methoxy groups -OCH3 is 1. The molecule has 0 unspecified atom stereocenters. The lowest BCUT2D eigenvalue weighted by atomic mass is 10.2. The number of nitrogens with zero attached hydrogens (tertiary/aromatic N) is 2. The van der Waals surface area contributed by atoms with E-state index < -0.39 is 0 Å². The van der Waals surface area contributed by atoms with Gasteiger partial charge in [0.25, 0.3) is 5.56 Å². The Balaban J connectivity index is 1.71. The van der Waals surface area contributed by atoms with Gasteiger partial charge in [-0.3, -0.25) is 9.59 Å². The molecule has 0 bridgehead atoms. The molecule has 156 valence electrons. The summed E-state index contributed by atoms with van der Waals surface area (Å²) >= 11 is 0. The van der Waals surface area contributed by atoms with Gasteiger partial charge in [0.1, 0.15) is 5.82 Å². The molecule has 0 aliphatic carbocycles. The van der Waals surface area contributed by atoms with Gasteiger partial charge >= 0.3 is 0 Å². The minimum absolute atomic E-state index is 0.0330. The molecule has 7 nitrogen and oxygen atoms in total. The van der Waals surface area contributed by atoms with Gasteiger partial charge in [0.05, 0.1) is 30.7 Å². The highest BCUT2D eigenvalue weighted by atomic mass is 16.5. The van der Waals surface area contributed by atoms with Crippen molar-refractivity contribution in [1.82, 2.24) is 14.9 Å². The Morgan fingerprint density at radius 2 is 1.97 bits per heavy atom. The molecule has 2 aromatic carbocycles. The van der Waals surface area contributed by atoms with Crippen LogP contribution in [0.5, 0.6) is 11.5 Å². The molecule has 3 aromatic rings. The maximum Gasteiger partial charge on any atom is 0.258 e. The number of aromatic nitrogens is 2. The largest absolute Gasteiger partial charge is 0.493 e. The monoisotopic (exact) mass is 407 g/mol. The number of amides is 1. The van der Waals surface area contributed by atoms with E-state index in [1.807, 2.05) is 38.1 Å². The van der Waals surface area contributed by atoms with Crippen LogP contribution in [0.3, 0.4) is 0 Å². The molecule has 1 amide bonds. The van der Waals surface area contributed by atoms with Gasteiger partial charge in [-0.2, -0.15) is 0 Å². The van der Waals surface area contributed by atoms with Gasteiger partial charge in [0.15, 0.2) is 11.5 Å². The van der Waals surface area contributed by atoms with Gasteiger partial charge in [0, 0.05) is 13.1 Å². The van der Waals surface area contributed by atoms with Crippen molar-refractivity contribution in [2.24, 2.45) is 0 Å². The Bertz CT molecular complexity index is 1130. The Labute approximate surface area is 175 Å². The van der Waals surface area contributed by atoms with E-state index in [9.17, 15) is 9.59 Å². The van der Waals surface area contributed by atoms with Crippen molar-refractivity contribution in [2.45, 2.75) is 26.5 Å². The number of benzene rings is 2. The summed E-state index contributed by atoms with van der Waals surface area (Å²) in [5.41, 5.74) is 1.19. The molecule has 1 aromatic heterocycles. The lowest BCUT2D eigenvalue weighted by molar-refractivity contribution is -0.125. The second-order valence-corrected chi connectivity index (χ2v) is 7.13. The zero-order chi connectivity index (χ0) is 21.7. The number of carbonyl (C=O) groups excluding carboxylic acids is 1. The number of rotatable bonds is 7. The minimum atomic E-state index is -0.220. The Hall–Kier alpha value is -3.61. The third kappa shape index (κ3) is 5.05. The second kappa shape index (κ2) is 9.26. The summed E-state index contributed by atoms with van der Waals surface area (Å²) in [6.45, 7) is 4.08. The van der Waals surface area contributed by atoms with E-state index in [0.717, 1.165) is 5.56 Å². The first-order valence-electron chi connectivity index (χ1n) is 9.63. The lowest BCUT2D eigenvalue weighted by Crippen LogP contribution is -2.26. The van der Waals surface area contributed by atoms with E-state index in [1.54, 1.807) is 38.4 Å². The summed E-state index contributed by atoms with van der Waals surface area (Å²) < 4.78 is 11.1. The molecular formula is C23H25N3O4. The summed E-state index contributed by atoms with van der Waals surface area (Å²) in [6.07, 6.45) is 3.21. The van der Waals surface area contributed by atoms with E-state index in [4.69, 9.17) is 9.47 Å². The molecular weight excluding hydrogens is 382 g/mol. The fraction of sp³-hybridized carbons (Fsp3) is 0.261. The van der Waals surface area contributed by atoms with Crippen LogP contribution in [-0.2, 0) is 11.3 Å². The summed E-state index contributed by atoms with van der Waals surface area (Å²) in [5.74, 6) is 1.47. The van der Waals surface area contributed by atoms with Crippen LogP contribution in [0.15, 0.2) is 53.3 Å². The highest BCUT2D eigenvalue weighted by Crippen LogP contribution is 2.29. The van der Waals surface area contributed by atoms with Crippen molar-refractivity contribution in [3.63, 3.8) is 0 Å². The molecule has 0 radical (unpaired) electrons. The highest BCUT2D eigenvalue weighted by Gasteiger charge is 2.10. The molecule has 0 saturated heterocycles. The third-order valence-corrected chi connectivity index (χ3v) is 4.39. The van der Waals surface area contributed by atoms with Crippen molar-refractivity contribution in [2.75, 3.05) is 14.2 Å². The van der Waals surface area contributed by atoms with Crippen LogP contribution in [0.4, 0.5) is 0 Å². The normalized spacial score (nSPS) is 11.2. The summed E-state index contributed by atoms with van der Waals surface area (Å²) in [6, 6.07) is 12.6. The van der Waals surface area contributed by atoms with Crippen LogP contribution < -0.4 is 15.0 Å². The number of likely N-dealkylation sites (N-methyl/N-ethyl adjacent to an activating group) is 1. The van der Waals surface area contributed by atoms with Crippen LogP contribution >= 0.6 is 0 Å². The number of hydrogen-bond donors (Lipinski definition) is 1. The smallest absolute Gasteiger partial charge is 0.258 e. The maximum atomic E-state index is 12.5. The van der Waals surface area contributed by atoms with Gasteiger partial charge in [0.2, 0.25) is 5.91 Å². The molecule has 0 fully saturated rings. The van der Waals surface area contributed by atoms with Gasteiger partial charge in [-0.05, 0) is 49.8 Å². The number of hydrogen-bond acceptors (Lipinski definition) is 5. The number of carbonyl (C=O) groups is 1. The van der Waals surface area contributed by atoms with Crippen molar-refractivity contribution in [3.05, 3.63) is 70.3 Å². The van der Waals surface area contributed by atoms with Crippen LogP contribution in [0, 0.1) is 0 Å². The van der Waals surface area contributed by atoms with Crippen molar-refractivity contribution >= 4 is 22.9 Å². The fourth-order valence-corrected chi connectivity index (χ4v) is 2.95. The molecule has 0 aliphatic heterocycles. The van der Waals surface area contributed by atoms with Gasteiger partial charge < -0.3 is 19.4 Å². The van der Waals surface area contributed by atoms with E-state index in [0.29, 0.717) is 28.2 Å².